The molecule has 1 aliphatic rings. The van der Waals surface area contributed by atoms with E-state index in [1.807, 2.05) is 54.6 Å². The van der Waals surface area contributed by atoms with Gasteiger partial charge in [-0.1, -0.05) is 43.2 Å². The van der Waals surface area contributed by atoms with Crippen molar-refractivity contribution in [2.75, 3.05) is 13.2 Å². The molecule has 174 valence electrons. The van der Waals surface area contributed by atoms with Crippen molar-refractivity contribution in [3.05, 3.63) is 65.7 Å². The Bertz CT molecular complexity index is 827. The Balaban J connectivity index is 1.27. The minimum atomic E-state index is 0.0439. The number of unbranched alkanes of at least 4 members (excludes halogenated alkanes) is 3. The van der Waals surface area contributed by atoms with E-state index in [4.69, 9.17) is 4.74 Å². The smallest absolute Gasteiger partial charge is 0.193 e. The van der Waals surface area contributed by atoms with Crippen LogP contribution in [0.2, 0.25) is 0 Å². The molecule has 0 unspecified atom stereocenters. The lowest BCUT2D eigenvalue weighted by Crippen LogP contribution is -2.61. The number of ketones is 1. The molecule has 0 radical (unpaired) electrons. The molecule has 0 aliphatic carbocycles. The van der Waals surface area contributed by atoms with Gasteiger partial charge in [0.15, 0.2) is 5.78 Å². The number of carbonyl (C=O) groups is 1. The summed E-state index contributed by atoms with van der Waals surface area (Å²) in [5.41, 5.74) is 1.80. The average Bonchev–Trinajstić information content (AvgIpc) is 2.74. The standard InChI is InChI=1S/C28H40N2O2/c1-27(2)20-24(21-28(3,4)30-27)29-18-10-5-6-11-19-32-25-16-14-23(15-17-25)26(31)22-12-8-7-9-13-22/h7-9,12-17,24,29-30H,5-6,10-11,18-21H2,1-4H3. The Labute approximate surface area is 194 Å². The molecule has 0 atom stereocenters. The highest BCUT2D eigenvalue weighted by molar-refractivity contribution is 6.08. The fraction of sp³-hybridized carbons (Fsp3) is 0.536. The third-order valence-electron chi connectivity index (χ3n) is 6.12. The van der Waals surface area contributed by atoms with E-state index < -0.39 is 0 Å². The largest absolute Gasteiger partial charge is 0.494 e. The highest BCUT2D eigenvalue weighted by Crippen LogP contribution is 2.28. The SMILES string of the molecule is CC1(C)CC(NCCCCCCOc2ccc(C(=O)c3ccccc3)cc2)CC(C)(C)N1. The zero-order valence-electron chi connectivity index (χ0n) is 20.2. The van der Waals surface area contributed by atoms with Crippen molar-refractivity contribution < 1.29 is 9.53 Å². The van der Waals surface area contributed by atoms with Crippen LogP contribution in [0.25, 0.3) is 0 Å². The van der Waals surface area contributed by atoms with Crippen LogP contribution in [0.1, 0.15) is 82.1 Å². The van der Waals surface area contributed by atoms with Crippen molar-refractivity contribution in [1.29, 1.82) is 0 Å². The first-order valence-electron chi connectivity index (χ1n) is 12.1. The van der Waals surface area contributed by atoms with E-state index in [0.29, 0.717) is 17.2 Å². The molecular formula is C28H40N2O2. The summed E-state index contributed by atoms with van der Waals surface area (Å²) >= 11 is 0. The maximum Gasteiger partial charge on any atom is 0.193 e. The van der Waals surface area contributed by atoms with Gasteiger partial charge in [0.2, 0.25) is 0 Å². The highest BCUT2D eigenvalue weighted by Gasteiger charge is 2.37. The third kappa shape index (κ3) is 7.75. The van der Waals surface area contributed by atoms with Gasteiger partial charge in [0.05, 0.1) is 6.61 Å². The van der Waals surface area contributed by atoms with Crippen molar-refractivity contribution in [2.45, 2.75) is 83.3 Å². The fourth-order valence-electron chi connectivity index (χ4n) is 5.00. The topological polar surface area (TPSA) is 50.4 Å². The molecule has 0 saturated carbocycles. The minimum absolute atomic E-state index is 0.0439. The lowest BCUT2D eigenvalue weighted by atomic mass is 9.79. The number of hydrogen-bond donors (Lipinski definition) is 2. The number of hydrogen-bond acceptors (Lipinski definition) is 4. The Hall–Kier alpha value is -2.17. The van der Waals surface area contributed by atoms with E-state index in [0.717, 1.165) is 25.3 Å². The number of piperidine rings is 1. The number of ether oxygens (including phenoxy) is 1. The Morgan fingerprint density at radius 1 is 0.875 bits per heavy atom. The lowest BCUT2D eigenvalue weighted by molar-refractivity contribution is 0.103. The summed E-state index contributed by atoms with van der Waals surface area (Å²) in [5.74, 6) is 0.870. The van der Waals surface area contributed by atoms with Gasteiger partial charge in [0.25, 0.3) is 0 Å². The van der Waals surface area contributed by atoms with Gasteiger partial charge < -0.3 is 15.4 Å². The van der Waals surface area contributed by atoms with Gasteiger partial charge in [-0.2, -0.15) is 0 Å². The molecule has 1 heterocycles. The second-order valence-corrected chi connectivity index (χ2v) is 10.4. The molecule has 2 aromatic rings. The predicted molar refractivity (Wildman–Crippen MR) is 133 cm³/mol. The third-order valence-corrected chi connectivity index (χ3v) is 6.12. The van der Waals surface area contributed by atoms with Gasteiger partial charge in [-0.3, -0.25) is 4.79 Å². The van der Waals surface area contributed by atoms with Gasteiger partial charge in [0.1, 0.15) is 5.75 Å². The highest BCUT2D eigenvalue weighted by atomic mass is 16.5. The van der Waals surface area contributed by atoms with Crippen molar-refractivity contribution in [3.8, 4) is 5.75 Å². The van der Waals surface area contributed by atoms with Crippen LogP contribution in [0.4, 0.5) is 0 Å². The summed E-state index contributed by atoms with van der Waals surface area (Å²) in [6.07, 6.45) is 7.02. The summed E-state index contributed by atoms with van der Waals surface area (Å²) in [5, 5.41) is 7.52. The molecule has 1 aliphatic heterocycles. The Morgan fingerprint density at radius 3 is 2.12 bits per heavy atom. The quantitative estimate of drug-likeness (QED) is 0.347. The van der Waals surface area contributed by atoms with E-state index in [9.17, 15) is 4.79 Å². The van der Waals surface area contributed by atoms with Crippen LogP contribution in [-0.2, 0) is 0 Å². The van der Waals surface area contributed by atoms with Crippen LogP contribution in [0, 0.1) is 0 Å². The van der Waals surface area contributed by atoms with Crippen LogP contribution in [0.15, 0.2) is 54.6 Å². The summed E-state index contributed by atoms with van der Waals surface area (Å²) < 4.78 is 5.86. The van der Waals surface area contributed by atoms with Gasteiger partial charge >= 0.3 is 0 Å². The molecule has 4 heteroatoms. The maximum atomic E-state index is 12.5. The van der Waals surface area contributed by atoms with Crippen LogP contribution >= 0.6 is 0 Å². The molecule has 4 nitrogen and oxygen atoms in total. The van der Waals surface area contributed by atoms with Gasteiger partial charge in [-0.25, -0.2) is 0 Å². The Kier molecular flexibility index (Phi) is 8.50. The lowest BCUT2D eigenvalue weighted by Gasteiger charge is -2.46. The fourth-order valence-corrected chi connectivity index (χ4v) is 5.00. The van der Waals surface area contributed by atoms with Crippen LogP contribution < -0.4 is 15.4 Å². The van der Waals surface area contributed by atoms with Crippen LogP contribution in [0.3, 0.4) is 0 Å². The molecule has 2 aromatic carbocycles. The maximum absolute atomic E-state index is 12.5. The summed E-state index contributed by atoms with van der Waals surface area (Å²) in [6, 6.07) is 17.4. The molecular weight excluding hydrogens is 396 g/mol. The first kappa shape index (κ1) is 24.5. The molecule has 0 amide bonds. The molecule has 1 saturated heterocycles. The second kappa shape index (κ2) is 11.1. The van der Waals surface area contributed by atoms with E-state index in [-0.39, 0.29) is 16.9 Å². The van der Waals surface area contributed by atoms with Crippen molar-refractivity contribution in [1.82, 2.24) is 10.6 Å². The predicted octanol–water partition coefficient (Wildman–Crippen LogP) is 5.76. The Morgan fingerprint density at radius 2 is 1.47 bits per heavy atom. The molecule has 32 heavy (non-hydrogen) atoms. The van der Waals surface area contributed by atoms with Crippen LogP contribution in [-0.4, -0.2) is 36.1 Å². The zero-order valence-corrected chi connectivity index (χ0v) is 20.2. The summed E-state index contributed by atoms with van der Waals surface area (Å²) in [7, 11) is 0. The number of carbonyl (C=O) groups excluding carboxylic acids is 1. The average molecular weight is 437 g/mol. The molecule has 0 aromatic heterocycles. The molecule has 1 fully saturated rings. The van der Waals surface area contributed by atoms with Crippen molar-refractivity contribution in [3.63, 3.8) is 0 Å². The van der Waals surface area contributed by atoms with Crippen LogP contribution in [0.5, 0.6) is 5.75 Å². The summed E-state index contributed by atoms with van der Waals surface area (Å²) in [4.78, 5) is 12.5. The van der Waals surface area contributed by atoms with Crippen molar-refractivity contribution in [2.24, 2.45) is 0 Å². The van der Waals surface area contributed by atoms with Gasteiger partial charge in [-0.15, -0.1) is 0 Å². The van der Waals surface area contributed by atoms with E-state index in [2.05, 4.69) is 38.3 Å². The molecule has 2 N–H and O–H groups in total. The zero-order chi connectivity index (χ0) is 23.0. The van der Waals surface area contributed by atoms with Gasteiger partial charge in [-0.05, 0) is 84.2 Å². The molecule has 0 bridgehead atoms. The minimum Gasteiger partial charge on any atom is -0.494 e. The number of benzene rings is 2. The van der Waals surface area contributed by atoms with E-state index >= 15 is 0 Å². The van der Waals surface area contributed by atoms with E-state index in [1.54, 1.807) is 0 Å². The van der Waals surface area contributed by atoms with Gasteiger partial charge in [0, 0.05) is 28.2 Å². The molecule has 0 spiro atoms. The summed E-state index contributed by atoms with van der Waals surface area (Å²) in [6.45, 7) is 11.0. The van der Waals surface area contributed by atoms with Crippen molar-refractivity contribution >= 4 is 5.78 Å². The van der Waals surface area contributed by atoms with E-state index in [1.165, 1.54) is 32.1 Å². The number of nitrogens with one attached hydrogen (secondary N) is 2. The molecule has 3 rings (SSSR count). The number of rotatable bonds is 11. The monoisotopic (exact) mass is 436 g/mol. The second-order valence-electron chi connectivity index (χ2n) is 10.4. The normalized spacial score (nSPS) is 17.8. The first-order chi connectivity index (χ1) is 15.2. The first-order valence-corrected chi connectivity index (χ1v) is 12.1.